The van der Waals surface area contributed by atoms with Gasteiger partial charge < -0.3 is 15.8 Å². The van der Waals surface area contributed by atoms with Crippen LogP contribution in [-0.4, -0.2) is 18.4 Å². The summed E-state index contributed by atoms with van der Waals surface area (Å²) in [5.41, 5.74) is 6.38. The van der Waals surface area contributed by atoms with E-state index in [9.17, 15) is 9.59 Å². The van der Waals surface area contributed by atoms with Crippen molar-refractivity contribution in [2.75, 3.05) is 6.61 Å². The van der Waals surface area contributed by atoms with E-state index in [1.54, 1.807) is 30.3 Å². The maximum Gasteiger partial charge on any atom is 0.258 e. The molecular weight excluding hydrogens is 316 g/mol. The lowest BCUT2D eigenvalue weighted by atomic mass is 10.1. The highest BCUT2D eigenvalue weighted by molar-refractivity contribution is 6.31. The molecule has 0 spiro atoms. The summed E-state index contributed by atoms with van der Waals surface area (Å²) in [6.07, 6.45) is 0. The third kappa shape index (κ3) is 4.72. The molecule has 6 heteroatoms. The number of benzene rings is 2. The summed E-state index contributed by atoms with van der Waals surface area (Å²) in [6, 6.07) is 13.4. The first-order chi connectivity index (χ1) is 11.0. The maximum atomic E-state index is 11.9. The fourth-order valence-electron chi connectivity index (χ4n) is 2.05. The van der Waals surface area contributed by atoms with Crippen LogP contribution in [0.15, 0.2) is 48.5 Å². The molecule has 0 bridgehead atoms. The van der Waals surface area contributed by atoms with Gasteiger partial charge in [0.2, 0.25) is 5.91 Å². The Balaban J connectivity index is 1.87. The van der Waals surface area contributed by atoms with Gasteiger partial charge in [-0.3, -0.25) is 9.59 Å². The van der Waals surface area contributed by atoms with Gasteiger partial charge in [0.25, 0.3) is 5.91 Å². The molecule has 0 radical (unpaired) electrons. The molecule has 0 saturated carbocycles. The Kier molecular flexibility index (Phi) is 5.60. The predicted octanol–water partition coefficient (Wildman–Crippen LogP) is 2.70. The van der Waals surface area contributed by atoms with Gasteiger partial charge in [-0.1, -0.05) is 29.8 Å². The van der Waals surface area contributed by atoms with Crippen LogP contribution in [0.25, 0.3) is 0 Å². The van der Waals surface area contributed by atoms with Gasteiger partial charge in [0.15, 0.2) is 6.61 Å². The van der Waals surface area contributed by atoms with E-state index in [-0.39, 0.29) is 18.6 Å². The van der Waals surface area contributed by atoms with Crippen LogP contribution >= 0.6 is 11.6 Å². The Labute approximate surface area is 139 Å². The molecule has 2 aromatic rings. The average molecular weight is 333 g/mol. The van der Waals surface area contributed by atoms with Gasteiger partial charge in [-0.05, 0) is 42.8 Å². The Bertz CT molecular complexity index is 701. The Morgan fingerprint density at radius 2 is 1.83 bits per heavy atom. The molecule has 0 aliphatic rings. The lowest BCUT2D eigenvalue weighted by Crippen LogP contribution is -2.31. The van der Waals surface area contributed by atoms with Crippen molar-refractivity contribution in [2.24, 2.45) is 5.73 Å². The van der Waals surface area contributed by atoms with Crippen LogP contribution in [0.2, 0.25) is 5.02 Å². The largest absolute Gasteiger partial charge is 0.484 e. The molecule has 1 atom stereocenters. The molecule has 0 aromatic heterocycles. The fourth-order valence-corrected chi connectivity index (χ4v) is 2.35. The number of hydrogen-bond donors (Lipinski definition) is 2. The summed E-state index contributed by atoms with van der Waals surface area (Å²) in [5, 5.41) is 3.41. The Hall–Kier alpha value is -2.53. The van der Waals surface area contributed by atoms with Crippen LogP contribution in [0.1, 0.15) is 28.9 Å². The standard InChI is InChI=1S/C17H17ClN2O3/c1-11(14-4-2-3-5-15(14)18)20-16(21)10-23-13-8-6-12(7-9-13)17(19)22/h2-9,11H,10H2,1H3,(H2,19,22)(H,20,21). The molecule has 0 aliphatic heterocycles. The van der Waals surface area contributed by atoms with Gasteiger partial charge >= 0.3 is 0 Å². The van der Waals surface area contributed by atoms with Gasteiger partial charge in [-0.25, -0.2) is 0 Å². The van der Waals surface area contributed by atoms with E-state index in [0.29, 0.717) is 16.3 Å². The van der Waals surface area contributed by atoms with Crippen molar-refractivity contribution in [2.45, 2.75) is 13.0 Å². The van der Waals surface area contributed by atoms with Crippen LogP contribution in [-0.2, 0) is 4.79 Å². The van der Waals surface area contributed by atoms with Crippen LogP contribution in [0.5, 0.6) is 5.75 Å². The normalized spacial score (nSPS) is 11.6. The number of amides is 2. The van der Waals surface area contributed by atoms with Crippen molar-refractivity contribution in [1.29, 1.82) is 0 Å². The summed E-state index contributed by atoms with van der Waals surface area (Å²) in [6.45, 7) is 1.71. The van der Waals surface area contributed by atoms with E-state index in [0.717, 1.165) is 5.56 Å². The molecular formula is C17H17ClN2O3. The SMILES string of the molecule is CC(NC(=O)COc1ccc(C(N)=O)cc1)c1ccccc1Cl. The van der Waals surface area contributed by atoms with Crippen molar-refractivity contribution in [3.05, 3.63) is 64.7 Å². The van der Waals surface area contributed by atoms with E-state index in [1.807, 2.05) is 25.1 Å². The molecule has 1 unspecified atom stereocenters. The lowest BCUT2D eigenvalue weighted by molar-refractivity contribution is -0.123. The highest BCUT2D eigenvalue weighted by atomic mass is 35.5. The number of hydrogen-bond acceptors (Lipinski definition) is 3. The summed E-state index contributed by atoms with van der Waals surface area (Å²) in [4.78, 5) is 22.9. The second-order valence-corrected chi connectivity index (χ2v) is 5.40. The third-order valence-electron chi connectivity index (χ3n) is 3.26. The summed E-state index contributed by atoms with van der Waals surface area (Å²) in [5.74, 6) is -0.296. The smallest absolute Gasteiger partial charge is 0.258 e. The summed E-state index contributed by atoms with van der Waals surface area (Å²) < 4.78 is 5.37. The maximum absolute atomic E-state index is 11.9. The molecule has 0 fully saturated rings. The zero-order valence-corrected chi connectivity index (χ0v) is 13.3. The van der Waals surface area contributed by atoms with Gasteiger partial charge in [-0.15, -0.1) is 0 Å². The van der Waals surface area contributed by atoms with Gasteiger partial charge in [0.05, 0.1) is 6.04 Å². The first kappa shape index (κ1) is 16.8. The third-order valence-corrected chi connectivity index (χ3v) is 3.60. The van der Waals surface area contributed by atoms with Gasteiger partial charge in [0, 0.05) is 10.6 Å². The molecule has 0 saturated heterocycles. The number of nitrogens with one attached hydrogen (secondary N) is 1. The minimum absolute atomic E-state index is 0.134. The van der Waals surface area contributed by atoms with E-state index in [2.05, 4.69) is 5.32 Å². The molecule has 0 aliphatic carbocycles. The number of carbonyl (C=O) groups excluding carboxylic acids is 2. The first-order valence-corrected chi connectivity index (χ1v) is 7.41. The van der Waals surface area contributed by atoms with E-state index in [1.165, 1.54) is 0 Å². The second-order valence-electron chi connectivity index (χ2n) is 4.99. The van der Waals surface area contributed by atoms with E-state index >= 15 is 0 Å². The topological polar surface area (TPSA) is 81.4 Å². The first-order valence-electron chi connectivity index (χ1n) is 7.04. The number of halogens is 1. The van der Waals surface area contributed by atoms with Crippen molar-refractivity contribution in [3.8, 4) is 5.75 Å². The number of primary amides is 1. The van der Waals surface area contributed by atoms with Crippen molar-refractivity contribution in [1.82, 2.24) is 5.32 Å². The molecule has 5 nitrogen and oxygen atoms in total. The van der Waals surface area contributed by atoms with Gasteiger partial charge in [-0.2, -0.15) is 0 Å². The predicted molar refractivity (Wildman–Crippen MR) is 88.5 cm³/mol. The summed E-state index contributed by atoms with van der Waals surface area (Å²) >= 11 is 6.10. The quantitative estimate of drug-likeness (QED) is 0.853. The molecule has 0 heterocycles. The number of nitrogens with two attached hydrogens (primary N) is 1. The van der Waals surface area contributed by atoms with Crippen LogP contribution < -0.4 is 15.8 Å². The highest BCUT2D eigenvalue weighted by Crippen LogP contribution is 2.22. The zero-order valence-electron chi connectivity index (χ0n) is 12.6. The van der Waals surface area contributed by atoms with Crippen LogP contribution in [0.3, 0.4) is 0 Å². The zero-order chi connectivity index (χ0) is 16.8. The van der Waals surface area contributed by atoms with E-state index in [4.69, 9.17) is 22.1 Å². The minimum atomic E-state index is -0.511. The minimum Gasteiger partial charge on any atom is -0.484 e. The Morgan fingerprint density at radius 1 is 1.17 bits per heavy atom. The van der Waals surface area contributed by atoms with Crippen molar-refractivity contribution >= 4 is 23.4 Å². The summed E-state index contributed by atoms with van der Waals surface area (Å²) in [7, 11) is 0. The van der Waals surface area contributed by atoms with E-state index < -0.39 is 5.91 Å². The molecule has 2 aromatic carbocycles. The van der Waals surface area contributed by atoms with Crippen LogP contribution in [0, 0.1) is 0 Å². The monoisotopic (exact) mass is 332 g/mol. The number of carbonyl (C=O) groups is 2. The number of rotatable bonds is 6. The van der Waals surface area contributed by atoms with Crippen LogP contribution in [0.4, 0.5) is 0 Å². The van der Waals surface area contributed by atoms with Gasteiger partial charge in [0.1, 0.15) is 5.75 Å². The Morgan fingerprint density at radius 3 is 2.43 bits per heavy atom. The molecule has 3 N–H and O–H groups in total. The molecule has 2 rings (SSSR count). The fraction of sp³-hybridized carbons (Fsp3) is 0.176. The highest BCUT2D eigenvalue weighted by Gasteiger charge is 2.12. The molecule has 23 heavy (non-hydrogen) atoms. The lowest BCUT2D eigenvalue weighted by Gasteiger charge is -2.16. The van der Waals surface area contributed by atoms with Crippen molar-refractivity contribution in [3.63, 3.8) is 0 Å². The second kappa shape index (κ2) is 7.65. The average Bonchev–Trinajstić information content (AvgIpc) is 2.53. The van der Waals surface area contributed by atoms with Crippen molar-refractivity contribution < 1.29 is 14.3 Å². The molecule has 120 valence electrons. The molecule has 2 amide bonds. The number of ether oxygens (including phenoxy) is 1.